The van der Waals surface area contributed by atoms with Crippen LogP contribution >= 0.6 is 0 Å². The molecule has 1 aromatic rings. The third-order valence-electron chi connectivity index (χ3n) is 5.67. The molecular weight excluding hydrogens is 354 g/mol. The van der Waals surface area contributed by atoms with E-state index in [0.717, 1.165) is 23.4 Å². The van der Waals surface area contributed by atoms with Gasteiger partial charge in [0.2, 0.25) is 0 Å². The van der Waals surface area contributed by atoms with Gasteiger partial charge in [0.15, 0.2) is 5.84 Å². The van der Waals surface area contributed by atoms with Gasteiger partial charge in [0.05, 0.1) is 0 Å². The Hall–Kier alpha value is -2.80. The number of benzene rings is 1. The molecule has 0 saturated carbocycles. The van der Waals surface area contributed by atoms with E-state index in [4.69, 9.17) is 4.74 Å². The smallest absolute Gasteiger partial charge is 0.410 e. The van der Waals surface area contributed by atoms with Crippen LogP contribution in [-0.4, -0.2) is 66.6 Å². The number of aliphatic imine (C=N–C) groups is 3. The van der Waals surface area contributed by atoms with Crippen LogP contribution < -0.4 is 0 Å². The number of piperidine rings is 1. The molecule has 0 radical (unpaired) electrons. The Labute approximate surface area is 165 Å². The zero-order valence-electron chi connectivity index (χ0n) is 16.2. The van der Waals surface area contributed by atoms with Crippen LogP contribution in [0.4, 0.5) is 4.79 Å². The molecule has 4 rings (SSSR count). The molecule has 1 amide bonds. The van der Waals surface area contributed by atoms with Crippen molar-refractivity contribution < 1.29 is 9.53 Å². The monoisotopic (exact) mass is 379 g/mol. The summed E-state index contributed by atoms with van der Waals surface area (Å²) in [6.45, 7) is 3.86. The van der Waals surface area contributed by atoms with Crippen molar-refractivity contribution in [2.45, 2.75) is 32.2 Å². The van der Waals surface area contributed by atoms with Crippen molar-refractivity contribution in [3.8, 4) is 0 Å². The molecule has 28 heavy (non-hydrogen) atoms. The van der Waals surface area contributed by atoms with Crippen molar-refractivity contribution in [3.63, 3.8) is 0 Å². The highest BCUT2D eigenvalue weighted by molar-refractivity contribution is 6.14. The Kier molecular flexibility index (Phi) is 5.34. The summed E-state index contributed by atoms with van der Waals surface area (Å²) < 4.78 is 5.53. The maximum atomic E-state index is 12.6. The van der Waals surface area contributed by atoms with Crippen molar-refractivity contribution in [1.82, 2.24) is 9.80 Å². The summed E-state index contributed by atoms with van der Waals surface area (Å²) in [6.07, 6.45) is 5.87. The second-order valence-electron chi connectivity index (χ2n) is 7.48. The minimum absolute atomic E-state index is 0.122. The Morgan fingerprint density at radius 2 is 2.14 bits per heavy atom. The van der Waals surface area contributed by atoms with Gasteiger partial charge in [0, 0.05) is 30.9 Å². The molecule has 1 fully saturated rings. The van der Waals surface area contributed by atoms with E-state index in [0.29, 0.717) is 25.6 Å². The summed E-state index contributed by atoms with van der Waals surface area (Å²) in [5.74, 6) is 1.18. The second-order valence-corrected chi connectivity index (χ2v) is 7.48. The molecule has 3 aliphatic heterocycles. The number of hydrogen-bond acceptors (Lipinski definition) is 6. The highest BCUT2D eigenvalue weighted by Crippen LogP contribution is 2.28. The first kappa shape index (κ1) is 18.6. The Balaban J connectivity index is 1.40. The van der Waals surface area contributed by atoms with Gasteiger partial charge in [-0.1, -0.05) is 37.3 Å². The van der Waals surface area contributed by atoms with Crippen LogP contribution in [0.5, 0.6) is 0 Å². The molecule has 3 aliphatic rings. The fourth-order valence-corrected chi connectivity index (χ4v) is 3.94. The van der Waals surface area contributed by atoms with Crippen molar-refractivity contribution in [1.29, 1.82) is 0 Å². The number of hydrogen-bond donors (Lipinski definition) is 0. The Morgan fingerprint density at radius 3 is 2.96 bits per heavy atom. The SMILES string of the molecule is C[C@@H]1CCN(C(=O)OCc2ccccc2)C[C@@H]1N(C)[C@@H]1N=CN=C2N=CC=C21. The van der Waals surface area contributed by atoms with Crippen molar-refractivity contribution in [3.05, 3.63) is 47.5 Å². The quantitative estimate of drug-likeness (QED) is 0.808. The standard InChI is InChI=1S/C21H25N5O2/c1-15-9-11-26(21(27)28-13-16-6-4-3-5-7-16)12-18(15)25(2)20-17-8-10-22-19(17)23-14-24-20/h3-8,10,14-15,18,20H,9,11-13H2,1-2H3/t15-,18+,20+/m1/s1. The van der Waals surface area contributed by atoms with Gasteiger partial charge in [-0.2, -0.15) is 0 Å². The van der Waals surface area contributed by atoms with Crippen molar-refractivity contribution in [2.24, 2.45) is 20.9 Å². The summed E-state index contributed by atoms with van der Waals surface area (Å²) in [6, 6.07) is 9.94. The van der Waals surface area contributed by atoms with E-state index in [2.05, 4.69) is 33.8 Å². The zero-order valence-corrected chi connectivity index (χ0v) is 16.2. The third-order valence-corrected chi connectivity index (χ3v) is 5.67. The lowest BCUT2D eigenvalue weighted by Crippen LogP contribution is -2.55. The predicted octanol–water partition coefficient (Wildman–Crippen LogP) is 2.74. The molecule has 0 N–H and O–H groups in total. The van der Waals surface area contributed by atoms with Gasteiger partial charge in [-0.05, 0) is 31.0 Å². The summed E-state index contributed by atoms with van der Waals surface area (Å²) in [7, 11) is 2.06. The van der Waals surface area contributed by atoms with Crippen molar-refractivity contribution in [2.75, 3.05) is 20.1 Å². The molecule has 3 atom stereocenters. The van der Waals surface area contributed by atoms with Gasteiger partial charge in [0.25, 0.3) is 0 Å². The topological polar surface area (TPSA) is 69.9 Å². The van der Waals surface area contributed by atoms with E-state index in [1.54, 1.807) is 12.6 Å². The van der Waals surface area contributed by atoms with Crippen LogP contribution in [0.3, 0.4) is 0 Å². The Bertz CT molecular complexity index is 846. The van der Waals surface area contributed by atoms with Crippen molar-refractivity contribution >= 4 is 24.5 Å². The lowest BCUT2D eigenvalue weighted by Gasteiger charge is -2.43. The first-order valence-corrected chi connectivity index (χ1v) is 9.65. The van der Waals surface area contributed by atoms with E-state index < -0.39 is 0 Å². The lowest BCUT2D eigenvalue weighted by molar-refractivity contribution is 0.0411. The maximum absolute atomic E-state index is 12.6. The molecule has 7 nitrogen and oxygen atoms in total. The second kappa shape index (κ2) is 8.06. The van der Waals surface area contributed by atoms with E-state index >= 15 is 0 Å². The van der Waals surface area contributed by atoms with E-state index in [1.807, 2.05) is 41.3 Å². The molecule has 1 saturated heterocycles. The number of carbonyl (C=O) groups excluding carboxylic acids is 1. The summed E-state index contributed by atoms with van der Waals surface area (Å²) in [4.78, 5) is 29.7. The number of likely N-dealkylation sites (N-methyl/N-ethyl adjacent to an activating group) is 1. The van der Waals surface area contributed by atoms with Gasteiger partial charge >= 0.3 is 6.09 Å². The summed E-state index contributed by atoms with van der Waals surface area (Å²) >= 11 is 0. The van der Waals surface area contributed by atoms with Crippen LogP contribution in [0.2, 0.25) is 0 Å². The van der Waals surface area contributed by atoms with Crippen LogP contribution in [0.15, 0.2) is 57.0 Å². The number of likely N-dealkylation sites (tertiary alicyclic amines) is 1. The van der Waals surface area contributed by atoms with Gasteiger partial charge < -0.3 is 9.64 Å². The van der Waals surface area contributed by atoms with Gasteiger partial charge in [-0.25, -0.2) is 19.8 Å². The van der Waals surface area contributed by atoms with Crippen LogP contribution in [0.1, 0.15) is 18.9 Å². The molecule has 0 aromatic heterocycles. The van der Waals surface area contributed by atoms with Gasteiger partial charge in [0.1, 0.15) is 19.1 Å². The average molecular weight is 379 g/mol. The molecule has 0 aliphatic carbocycles. The maximum Gasteiger partial charge on any atom is 0.410 e. The third kappa shape index (κ3) is 3.75. The molecule has 3 heterocycles. The number of ether oxygens (including phenoxy) is 1. The fourth-order valence-electron chi connectivity index (χ4n) is 3.94. The zero-order chi connectivity index (χ0) is 19.5. The molecule has 7 heteroatoms. The summed E-state index contributed by atoms with van der Waals surface area (Å²) in [5.41, 5.74) is 2.01. The Morgan fingerprint density at radius 1 is 1.32 bits per heavy atom. The molecule has 0 spiro atoms. The number of fused-ring (bicyclic) bond motifs is 1. The van der Waals surface area contributed by atoms with Crippen LogP contribution in [0, 0.1) is 5.92 Å². The predicted molar refractivity (Wildman–Crippen MR) is 110 cm³/mol. The van der Waals surface area contributed by atoms with E-state index in [-0.39, 0.29) is 18.3 Å². The normalized spacial score (nSPS) is 26.1. The minimum atomic E-state index is -0.257. The highest BCUT2D eigenvalue weighted by atomic mass is 16.6. The largest absolute Gasteiger partial charge is 0.445 e. The number of carbonyl (C=O) groups is 1. The number of amides is 1. The highest BCUT2D eigenvalue weighted by Gasteiger charge is 2.37. The lowest BCUT2D eigenvalue weighted by atomic mass is 9.91. The molecule has 146 valence electrons. The van der Waals surface area contributed by atoms with Crippen LogP contribution in [0.25, 0.3) is 0 Å². The number of amidine groups is 1. The van der Waals surface area contributed by atoms with E-state index in [1.165, 1.54) is 0 Å². The minimum Gasteiger partial charge on any atom is -0.445 e. The van der Waals surface area contributed by atoms with Gasteiger partial charge in [-0.15, -0.1) is 0 Å². The molecule has 1 aromatic carbocycles. The molecular formula is C21H25N5O2. The average Bonchev–Trinajstić information content (AvgIpc) is 3.21. The van der Waals surface area contributed by atoms with Crippen LogP contribution in [-0.2, 0) is 11.3 Å². The number of nitrogens with zero attached hydrogens (tertiary/aromatic N) is 5. The number of allylic oxidation sites excluding steroid dienone is 1. The molecule has 0 unspecified atom stereocenters. The van der Waals surface area contributed by atoms with Gasteiger partial charge in [-0.3, -0.25) is 4.90 Å². The van der Waals surface area contributed by atoms with E-state index in [9.17, 15) is 4.79 Å². The summed E-state index contributed by atoms with van der Waals surface area (Å²) in [5, 5.41) is 0. The first-order valence-electron chi connectivity index (χ1n) is 9.65. The number of rotatable bonds is 4. The fraction of sp³-hybridized carbons (Fsp3) is 0.429. The molecule has 0 bridgehead atoms. The first-order chi connectivity index (χ1) is 13.6.